The van der Waals surface area contributed by atoms with E-state index in [0.717, 1.165) is 50.2 Å². The predicted molar refractivity (Wildman–Crippen MR) is 95.2 cm³/mol. The van der Waals surface area contributed by atoms with Crippen molar-refractivity contribution in [3.63, 3.8) is 0 Å². The van der Waals surface area contributed by atoms with Gasteiger partial charge in [0.05, 0.1) is 5.54 Å². The SMILES string of the molecule is c1ccc(-c2nc3c(c(NCC4(n5cccn5)CC4)n2)CCC3)nc1. The summed E-state index contributed by atoms with van der Waals surface area (Å²) in [4.78, 5) is 14.0. The van der Waals surface area contributed by atoms with E-state index in [9.17, 15) is 0 Å². The van der Waals surface area contributed by atoms with Crippen molar-refractivity contribution in [1.29, 1.82) is 0 Å². The molecule has 1 N–H and O–H groups in total. The van der Waals surface area contributed by atoms with Crippen LogP contribution in [0.5, 0.6) is 0 Å². The highest BCUT2D eigenvalue weighted by Crippen LogP contribution is 2.43. The molecule has 2 aliphatic carbocycles. The molecule has 0 unspecified atom stereocenters. The minimum atomic E-state index is 0.102. The zero-order valence-electron chi connectivity index (χ0n) is 14.0. The number of hydrogen-bond acceptors (Lipinski definition) is 5. The molecule has 2 aliphatic rings. The zero-order chi connectivity index (χ0) is 16.7. The van der Waals surface area contributed by atoms with E-state index in [-0.39, 0.29) is 5.54 Å². The number of fused-ring (bicyclic) bond motifs is 1. The van der Waals surface area contributed by atoms with Crippen LogP contribution in [0.1, 0.15) is 30.5 Å². The van der Waals surface area contributed by atoms with Crippen LogP contribution in [0.15, 0.2) is 42.9 Å². The van der Waals surface area contributed by atoms with E-state index in [1.807, 2.05) is 30.5 Å². The highest BCUT2D eigenvalue weighted by atomic mass is 15.3. The number of pyridine rings is 1. The molecule has 0 amide bonds. The van der Waals surface area contributed by atoms with Gasteiger partial charge in [0, 0.05) is 36.4 Å². The van der Waals surface area contributed by atoms with Crippen molar-refractivity contribution in [2.75, 3.05) is 11.9 Å². The summed E-state index contributed by atoms with van der Waals surface area (Å²) in [6.07, 6.45) is 11.2. The average Bonchev–Trinajstić information content (AvgIpc) is 3.06. The van der Waals surface area contributed by atoms with Gasteiger partial charge in [-0.3, -0.25) is 9.67 Å². The summed E-state index contributed by atoms with van der Waals surface area (Å²) in [6.45, 7) is 0.847. The van der Waals surface area contributed by atoms with Crippen molar-refractivity contribution < 1.29 is 0 Å². The summed E-state index contributed by atoms with van der Waals surface area (Å²) in [5.41, 5.74) is 3.37. The van der Waals surface area contributed by atoms with Gasteiger partial charge < -0.3 is 5.32 Å². The van der Waals surface area contributed by atoms with Gasteiger partial charge in [0.1, 0.15) is 11.5 Å². The molecule has 1 saturated carbocycles. The van der Waals surface area contributed by atoms with Crippen molar-refractivity contribution >= 4 is 5.82 Å². The Labute approximate surface area is 146 Å². The largest absolute Gasteiger partial charge is 0.367 e. The molecule has 0 atom stereocenters. The van der Waals surface area contributed by atoms with Gasteiger partial charge in [-0.1, -0.05) is 6.07 Å². The minimum Gasteiger partial charge on any atom is -0.367 e. The monoisotopic (exact) mass is 332 g/mol. The van der Waals surface area contributed by atoms with Gasteiger partial charge in [0.2, 0.25) is 0 Å². The molecule has 0 radical (unpaired) electrons. The van der Waals surface area contributed by atoms with Gasteiger partial charge in [-0.25, -0.2) is 9.97 Å². The first-order chi connectivity index (χ1) is 12.3. The number of rotatable bonds is 5. The van der Waals surface area contributed by atoms with Gasteiger partial charge in [-0.15, -0.1) is 0 Å². The first kappa shape index (κ1) is 14.6. The second-order valence-corrected chi connectivity index (χ2v) is 6.92. The summed E-state index contributed by atoms with van der Waals surface area (Å²) in [7, 11) is 0. The number of anilines is 1. The molecule has 5 rings (SSSR count). The van der Waals surface area contributed by atoms with E-state index < -0.39 is 0 Å². The molecule has 0 bridgehead atoms. The van der Waals surface area contributed by atoms with Crippen LogP contribution in [0.25, 0.3) is 11.5 Å². The maximum Gasteiger partial charge on any atom is 0.180 e. The first-order valence-electron chi connectivity index (χ1n) is 8.89. The number of aryl methyl sites for hydroxylation is 1. The maximum atomic E-state index is 4.81. The molecule has 0 spiro atoms. The minimum absolute atomic E-state index is 0.102. The van der Waals surface area contributed by atoms with Crippen LogP contribution in [0.2, 0.25) is 0 Å². The third-order valence-corrected chi connectivity index (χ3v) is 5.23. The fraction of sp³-hybridized carbons (Fsp3) is 0.368. The molecular formula is C19H20N6. The standard InChI is InChI=1S/C19H20N6/c1-2-10-20-16(6-1)18-23-15-7-3-5-14(15)17(24-18)21-13-19(8-9-19)25-12-4-11-22-25/h1-2,4,6,10-12H,3,5,7-9,13H2,(H,21,23,24). The Kier molecular flexibility index (Phi) is 3.29. The van der Waals surface area contributed by atoms with Gasteiger partial charge in [-0.2, -0.15) is 5.10 Å². The Morgan fingerprint density at radius 1 is 1.08 bits per heavy atom. The molecule has 3 heterocycles. The van der Waals surface area contributed by atoms with Crippen molar-refractivity contribution in [3.05, 3.63) is 54.1 Å². The van der Waals surface area contributed by atoms with Crippen LogP contribution in [0, 0.1) is 0 Å². The van der Waals surface area contributed by atoms with E-state index >= 15 is 0 Å². The van der Waals surface area contributed by atoms with E-state index in [1.54, 1.807) is 6.20 Å². The normalized spacial score (nSPS) is 17.3. The maximum absolute atomic E-state index is 4.81. The van der Waals surface area contributed by atoms with Gasteiger partial charge in [-0.05, 0) is 50.3 Å². The van der Waals surface area contributed by atoms with E-state index in [2.05, 4.69) is 26.3 Å². The predicted octanol–water partition coefficient (Wildman–Crippen LogP) is 2.83. The highest BCUT2D eigenvalue weighted by Gasteiger charge is 2.45. The van der Waals surface area contributed by atoms with Crippen LogP contribution < -0.4 is 5.32 Å². The second kappa shape index (κ2) is 5.65. The average molecular weight is 332 g/mol. The second-order valence-electron chi connectivity index (χ2n) is 6.92. The number of nitrogens with one attached hydrogen (secondary N) is 1. The summed E-state index contributed by atoms with van der Waals surface area (Å²) in [5.74, 6) is 1.69. The van der Waals surface area contributed by atoms with Crippen molar-refractivity contribution in [3.8, 4) is 11.5 Å². The van der Waals surface area contributed by atoms with Crippen LogP contribution in [-0.4, -0.2) is 31.3 Å². The molecule has 6 heteroatoms. The molecular weight excluding hydrogens is 312 g/mol. The molecule has 25 heavy (non-hydrogen) atoms. The topological polar surface area (TPSA) is 68.5 Å². The fourth-order valence-corrected chi connectivity index (χ4v) is 3.62. The highest BCUT2D eigenvalue weighted by molar-refractivity contribution is 5.57. The molecule has 0 aromatic carbocycles. The molecule has 0 aliphatic heterocycles. The number of aromatic nitrogens is 5. The van der Waals surface area contributed by atoms with E-state index in [4.69, 9.17) is 9.97 Å². The molecule has 0 saturated heterocycles. The Morgan fingerprint density at radius 2 is 2.04 bits per heavy atom. The molecule has 1 fully saturated rings. The Bertz CT molecular complexity index is 884. The van der Waals surface area contributed by atoms with E-state index in [0.29, 0.717) is 5.82 Å². The Morgan fingerprint density at radius 3 is 2.80 bits per heavy atom. The molecule has 3 aromatic rings. The lowest BCUT2D eigenvalue weighted by molar-refractivity contribution is 0.452. The molecule has 3 aromatic heterocycles. The Hall–Kier alpha value is -2.76. The molecule has 6 nitrogen and oxygen atoms in total. The molecule has 126 valence electrons. The van der Waals surface area contributed by atoms with Crippen molar-refractivity contribution in [2.45, 2.75) is 37.6 Å². The van der Waals surface area contributed by atoms with Crippen LogP contribution in [0.3, 0.4) is 0 Å². The van der Waals surface area contributed by atoms with Gasteiger partial charge >= 0.3 is 0 Å². The van der Waals surface area contributed by atoms with Gasteiger partial charge in [0.25, 0.3) is 0 Å². The zero-order valence-corrected chi connectivity index (χ0v) is 14.0. The summed E-state index contributed by atoms with van der Waals surface area (Å²) in [6, 6.07) is 7.84. The van der Waals surface area contributed by atoms with Crippen molar-refractivity contribution in [1.82, 2.24) is 24.7 Å². The third kappa shape index (κ3) is 2.58. The quantitative estimate of drug-likeness (QED) is 0.778. The van der Waals surface area contributed by atoms with Crippen LogP contribution in [0.4, 0.5) is 5.82 Å². The van der Waals surface area contributed by atoms with E-state index in [1.165, 1.54) is 11.3 Å². The first-order valence-corrected chi connectivity index (χ1v) is 8.89. The summed E-state index contributed by atoms with van der Waals surface area (Å²) in [5, 5.41) is 8.04. The Balaban J connectivity index is 1.46. The fourth-order valence-electron chi connectivity index (χ4n) is 3.62. The third-order valence-electron chi connectivity index (χ3n) is 5.23. The smallest absolute Gasteiger partial charge is 0.180 e. The van der Waals surface area contributed by atoms with Crippen LogP contribution >= 0.6 is 0 Å². The lowest BCUT2D eigenvalue weighted by atomic mass is 10.2. The van der Waals surface area contributed by atoms with Gasteiger partial charge in [0.15, 0.2) is 5.82 Å². The number of hydrogen-bond donors (Lipinski definition) is 1. The number of nitrogens with zero attached hydrogens (tertiary/aromatic N) is 5. The van der Waals surface area contributed by atoms with Crippen molar-refractivity contribution in [2.24, 2.45) is 0 Å². The lowest BCUT2D eigenvalue weighted by Gasteiger charge is -2.19. The summed E-state index contributed by atoms with van der Waals surface area (Å²) < 4.78 is 2.08. The van der Waals surface area contributed by atoms with Crippen LogP contribution in [-0.2, 0) is 18.4 Å². The summed E-state index contributed by atoms with van der Waals surface area (Å²) >= 11 is 0. The lowest BCUT2D eigenvalue weighted by Crippen LogP contribution is -2.27.